The minimum absolute atomic E-state index is 0.766. The van der Waals surface area contributed by atoms with Crippen molar-refractivity contribution < 1.29 is 0 Å². The highest BCUT2D eigenvalue weighted by molar-refractivity contribution is 8.51. The van der Waals surface area contributed by atoms with Gasteiger partial charge in [0.2, 0.25) is 0 Å². The van der Waals surface area contributed by atoms with Crippen molar-refractivity contribution in [3.8, 4) is 0 Å². The van der Waals surface area contributed by atoms with E-state index in [1.54, 1.807) is 0 Å². The first-order valence-electron chi connectivity index (χ1n) is 7.14. The molecular weight excluding hydrogens is 236 g/mol. The quantitative estimate of drug-likeness (QED) is 0.395. The van der Waals surface area contributed by atoms with E-state index in [1.807, 2.05) is 0 Å². The van der Waals surface area contributed by atoms with Crippen molar-refractivity contribution in [3.05, 3.63) is 0 Å². The molecule has 0 N–H and O–H groups in total. The predicted octanol–water partition coefficient (Wildman–Crippen LogP) is 6.13. The van der Waals surface area contributed by atoms with E-state index in [9.17, 15) is 0 Å². The van der Waals surface area contributed by atoms with Crippen LogP contribution in [0, 0.1) is 0 Å². The zero-order valence-electron chi connectivity index (χ0n) is 11.6. The maximum atomic E-state index is 6.76. The minimum atomic E-state index is -0.766. The third-order valence-electron chi connectivity index (χ3n) is 3.24. The summed E-state index contributed by atoms with van der Waals surface area (Å²) < 4.78 is 0. The molecule has 0 heterocycles. The third-order valence-corrected chi connectivity index (χ3v) is 7.90. The number of halogens is 1. The second-order valence-corrected chi connectivity index (χ2v) is 10.00. The summed E-state index contributed by atoms with van der Waals surface area (Å²) in [6.07, 6.45) is 10.9. The van der Waals surface area contributed by atoms with Crippen LogP contribution in [0.1, 0.15) is 72.1 Å². The van der Waals surface area contributed by atoms with Crippen LogP contribution in [0.3, 0.4) is 0 Å². The Balaban J connectivity index is 3.64. The van der Waals surface area contributed by atoms with E-state index in [2.05, 4.69) is 20.8 Å². The highest BCUT2D eigenvalue weighted by atomic mass is 35.7. The fourth-order valence-electron chi connectivity index (χ4n) is 1.97. The number of hydrogen-bond donors (Lipinski definition) is 0. The van der Waals surface area contributed by atoms with Crippen LogP contribution in [0.15, 0.2) is 0 Å². The average molecular weight is 267 g/mol. The lowest BCUT2D eigenvalue weighted by Crippen LogP contribution is -2.06. The van der Waals surface area contributed by atoms with Gasteiger partial charge < -0.3 is 0 Å². The second-order valence-electron chi connectivity index (χ2n) is 4.76. The lowest BCUT2D eigenvalue weighted by atomic mass is 10.2. The molecule has 0 aliphatic heterocycles. The fraction of sp³-hybridized carbons (Fsp3) is 1.00. The van der Waals surface area contributed by atoms with Crippen LogP contribution in [0.25, 0.3) is 0 Å². The molecule has 0 saturated heterocycles. The zero-order valence-corrected chi connectivity index (χ0v) is 13.1. The highest BCUT2D eigenvalue weighted by Gasteiger charge is 2.17. The van der Waals surface area contributed by atoms with Gasteiger partial charge >= 0.3 is 0 Å². The van der Waals surface area contributed by atoms with Gasteiger partial charge in [-0.25, -0.2) is 0 Å². The van der Waals surface area contributed by atoms with E-state index in [0.717, 1.165) is 0 Å². The summed E-state index contributed by atoms with van der Waals surface area (Å²) in [5.74, 6) is 3.82. The Kier molecular flexibility index (Phi) is 11.2. The normalized spacial score (nSPS) is 13.0. The first-order valence-corrected chi connectivity index (χ1v) is 10.1. The van der Waals surface area contributed by atoms with Crippen molar-refractivity contribution in [3.63, 3.8) is 0 Å². The highest BCUT2D eigenvalue weighted by Crippen LogP contribution is 2.54. The van der Waals surface area contributed by atoms with Gasteiger partial charge in [-0.05, 0) is 30.1 Å². The molecule has 0 spiro atoms. The molecule has 0 fully saturated rings. The first-order chi connectivity index (χ1) is 7.68. The largest absolute Gasteiger partial charge is 0.163 e. The maximum Gasteiger partial charge on any atom is -0.0101 e. The van der Waals surface area contributed by atoms with Gasteiger partial charge in [0.25, 0.3) is 0 Å². The molecule has 0 nitrogen and oxygen atoms in total. The van der Waals surface area contributed by atoms with Crippen LogP contribution in [0.4, 0.5) is 0 Å². The molecule has 0 saturated carbocycles. The second kappa shape index (κ2) is 10.8. The van der Waals surface area contributed by atoms with Gasteiger partial charge in [0.1, 0.15) is 0 Å². The summed E-state index contributed by atoms with van der Waals surface area (Å²) in [5, 5.41) is 0. The van der Waals surface area contributed by atoms with E-state index in [4.69, 9.17) is 10.7 Å². The molecule has 0 aromatic carbocycles. The third kappa shape index (κ3) is 8.75. The molecule has 0 amide bonds. The molecule has 0 atom stereocenters. The van der Waals surface area contributed by atoms with E-state index in [-0.39, 0.29) is 0 Å². The van der Waals surface area contributed by atoms with Gasteiger partial charge in [-0.1, -0.05) is 70.0 Å². The van der Waals surface area contributed by atoms with Gasteiger partial charge in [0.15, 0.2) is 0 Å². The summed E-state index contributed by atoms with van der Waals surface area (Å²) in [6.45, 7) is 6.82. The molecule has 0 rings (SSSR count). The Labute approximate surface area is 109 Å². The zero-order chi connectivity index (χ0) is 12.3. The number of unbranched alkanes of at least 4 members (excludes halogenated alkanes) is 6. The summed E-state index contributed by atoms with van der Waals surface area (Å²) in [5.41, 5.74) is 0. The molecule has 2 heteroatoms. The van der Waals surface area contributed by atoms with Gasteiger partial charge in [-0.15, -0.1) is 0 Å². The Morgan fingerprint density at radius 2 is 1.12 bits per heavy atom. The molecule has 16 heavy (non-hydrogen) atoms. The van der Waals surface area contributed by atoms with Crippen LogP contribution >= 0.6 is 19.9 Å². The standard InChI is InChI=1S/C14H31ClS/c1-4-7-9-11-13-16(15,6-3)14-12-10-8-5-2/h4-14H2,1-3H3. The average Bonchev–Trinajstić information content (AvgIpc) is 2.31. The molecule has 0 aliphatic rings. The minimum Gasteiger partial charge on any atom is -0.163 e. The topological polar surface area (TPSA) is 0 Å². The first kappa shape index (κ1) is 16.6. The lowest BCUT2D eigenvalue weighted by molar-refractivity contribution is 0.697. The SMILES string of the molecule is CCCCCCS(Cl)(CC)CCCCCC. The Bertz CT molecular complexity index is 136. The van der Waals surface area contributed by atoms with Crippen LogP contribution in [0.5, 0.6) is 0 Å². The molecule has 0 unspecified atom stereocenters. The van der Waals surface area contributed by atoms with E-state index < -0.39 is 9.24 Å². The van der Waals surface area contributed by atoms with Crippen molar-refractivity contribution >= 4 is 19.9 Å². The van der Waals surface area contributed by atoms with Crippen LogP contribution in [-0.2, 0) is 0 Å². The molecular formula is C14H31ClS. The van der Waals surface area contributed by atoms with Crippen molar-refractivity contribution in [2.24, 2.45) is 0 Å². The van der Waals surface area contributed by atoms with Crippen molar-refractivity contribution in [1.29, 1.82) is 0 Å². The number of rotatable bonds is 11. The van der Waals surface area contributed by atoms with Crippen LogP contribution < -0.4 is 0 Å². The lowest BCUT2D eigenvalue weighted by Gasteiger charge is -2.31. The van der Waals surface area contributed by atoms with E-state index >= 15 is 0 Å². The Morgan fingerprint density at radius 1 is 0.688 bits per heavy atom. The van der Waals surface area contributed by atoms with Crippen molar-refractivity contribution in [2.75, 3.05) is 17.3 Å². The molecule has 0 aromatic rings. The Morgan fingerprint density at radius 3 is 1.44 bits per heavy atom. The summed E-state index contributed by atoms with van der Waals surface area (Å²) in [4.78, 5) is 0. The van der Waals surface area contributed by atoms with E-state index in [1.165, 1.54) is 68.6 Å². The molecule has 0 bridgehead atoms. The summed E-state index contributed by atoms with van der Waals surface area (Å²) in [6, 6.07) is 0. The van der Waals surface area contributed by atoms with Gasteiger partial charge in [-0.3, -0.25) is 0 Å². The smallest absolute Gasteiger partial charge is 0.0101 e. The summed E-state index contributed by atoms with van der Waals surface area (Å²) >= 11 is 0. The Hall–Kier alpha value is 0.640. The molecule has 0 radical (unpaired) electrons. The fourth-order valence-corrected chi connectivity index (χ4v) is 4.84. The van der Waals surface area contributed by atoms with Crippen LogP contribution in [-0.4, -0.2) is 17.3 Å². The van der Waals surface area contributed by atoms with Crippen LogP contribution in [0.2, 0.25) is 0 Å². The van der Waals surface area contributed by atoms with Gasteiger partial charge in [-0.2, -0.15) is 9.24 Å². The summed E-state index contributed by atoms with van der Waals surface area (Å²) in [7, 11) is 6.00. The van der Waals surface area contributed by atoms with Gasteiger partial charge in [0.05, 0.1) is 0 Å². The molecule has 0 aliphatic carbocycles. The van der Waals surface area contributed by atoms with Crippen molar-refractivity contribution in [2.45, 2.75) is 72.1 Å². The monoisotopic (exact) mass is 266 g/mol. The van der Waals surface area contributed by atoms with E-state index in [0.29, 0.717) is 0 Å². The number of hydrogen-bond acceptors (Lipinski definition) is 0. The predicted molar refractivity (Wildman–Crippen MR) is 82.0 cm³/mol. The molecule has 100 valence electrons. The maximum absolute atomic E-state index is 6.76. The molecule has 0 aromatic heterocycles. The van der Waals surface area contributed by atoms with Crippen molar-refractivity contribution in [1.82, 2.24) is 0 Å². The van der Waals surface area contributed by atoms with Gasteiger partial charge in [0, 0.05) is 0 Å².